The Morgan fingerprint density at radius 2 is 1.73 bits per heavy atom. The minimum Gasteiger partial charge on any atom is -0.390 e. The number of fused-ring (bicyclic) bond motifs is 5. The number of nitrogens with one attached hydrogen (secondary N) is 1. The zero-order valence-corrected chi connectivity index (χ0v) is 18.8. The maximum Gasteiger partial charge on any atom is 0.223 e. The number of aliphatic hydroxyl groups is 1. The van der Waals surface area contributed by atoms with Crippen molar-refractivity contribution in [2.24, 2.45) is 40.9 Å². The molecule has 1 aromatic carbocycles. The van der Waals surface area contributed by atoms with Crippen LogP contribution in [0.5, 0.6) is 0 Å². The lowest BCUT2D eigenvalue weighted by molar-refractivity contribution is -0.134. The summed E-state index contributed by atoms with van der Waals surface area (Å²) in [5, 5.41) is 13.8. The second-order valence-corrected chi connectivity index (χ2v) is 11.6. The van der Waals surface area contributed by atoms with Crippen LogP contribution < -0.4 is 5.32 Å². The van der Waals surface area contributed by atoms with Crippen LogP contribution in [-0.2, 0) is 11.3 Å². The summed E-state index contributed by atoms with van der Waals surface area (Å²) in [5.74, 6) is 4.36. The van der Waals surface area contributed by atoms with Crippen molar-refractivity contribution in [3.63, 3.8) is 0 Å². The number of hydrogen-bond acceptors (Lipinski definition) is 2. The van der Waals surface area contributed by atoms with Gasteiger partial charge in [0.2, 0.25) is 5.91 Å². The molecular formula is C27H39NO2. The van der Waals surface area contributed by atoms with Crippen LogP contribution in [0.1, 0.15) is 77.2 Å². The smallest absolute Gasteiger partial charge is 0.223 e. The van der Waals surface area contributed by atoms with E-state index < -0.39 is 5.60 Å². The summed E-state index contributed by atoms with van der Waals surface area (Å²) in [6.45, 7) is 5.13. The predicted molar refractivity (Wildman–Crippen MR) is 120 cm³/mol. The van der Waals surface area contributed by atoms with Crippen molar-refractivity contribution in [2.45, 2.75) is 83.8 Å². The van der Waals surface area contributed by atoms with E-state index in [1.165, 1.54) is 44.1 Å². The molecule has 4 fully saturated rings. The predicted octanol–water partition coefficient (Wildman–Crippen LogP) is 5.32. The average molecular weight is 410 g/mol. The first kappa shape index (κ1) is 20.5. The van der Waals surface area contributed by atoms with Gasteiger partial charge in [0.25, 0.3) is 0 Å². The van der Waals surface area contributed by atoms with Gasteiger partial charge in [-0.3, -0.25) is 4.79 Å². The second-order valence-electron chi connectivity index (χ2n) is 11.6. The van der Waals surface area contributed by atoms with E-state index in [1.54, 1.807) is 0 Å². The summed E-state index contributed by atoms with van der Waals surface area (Å²) in [6.07, 6.45) is 10.6. The van der Waals surface area contributed by atoms with Gasteiger partial charge in [-0.15, -0.1) is 0 Å². The van der Waals surface area contributed by atoms with Crippen molar-refractivity contribution in [2.75, 3.05) is 0 Å². The van der Waals surface area contributed by atoms with Gasteiger partial charge in [-0.1, -0.05) is 37.3 Å². The summed E-state index contributed by atoms with van der Waals surface area (Å²) < 4.78 is 0. The fraction of sp³-hybridized carbons (Fsp3) is 0.741. The largest absolute Gasteiger partial charge is 0.390 e. The maximum absolute atomic E-state index is 13.2. The SMILES string of the molecule is CC1(O)CCC2C(CCC3C2CCC2(C)C(C(=O)NCc4ccccc4)CCC32)C1. The minimum atomic E-state index is -0.438. The van der Waals surface area contributed by atoms with Crippen LogP contribution in [0.15, 0.2) is 30.3 Å². The molecule has 8 atom stereocenters. The standard InChI is InChI=1S/C27H39NO2/c1-26(30)14-12-20-19(16-26)8-9-22-21(20)13-15-27(2)23(22)10-11-24(27)25(29)28-17-18-6-4-3-5-7-18/h3-7,19-24,30H,8-17H2,1-2H3,(H,28,29). The molecule has 3 heteroatoms. The van der Waals surface area contributed by atoms with Crippen LogP contribution in [0.3, 0.4) is 0 Å². The molecule has 2 N–H and O–H groups in total. The normalized spacial score (nSPS) is 45.2. The van der Waals surface area contributed by atoms with Crippen LogP contribution in [-0.4, -0.2) is 16.6 Å². The van der Waals surface area contributed by atoms with Crippen molar-refractivity contribution in [3.05, 3.63) is 35.9 Å². The molecule has 0 radical (unpaired) electrons. The fourth-order valence-electron chi connectivity index (χ4n) is 8.42. The number of rotatable bonds is 3. The Morgan fingerprint density at radius 3 is 2.53 bits per heavy atom. The molecule has 4 aliphatic carbocycles. The number of hydrogen-bond donors (Lipinski definition) is 2. The van der Waals surface area contributed by atoms with E-state index in [0.29, 0.717) is 12.5 Å². The van der Waals surface area contributed by atoms with Crippen LogP contribution >= 0.6 is 0 Å². The van der Waals surface area contributed by atoms with E-state index in [-0.39, 0.29) is 17.2 Å². The van der Waals surface area contributed by atoms with E-state index in [2.05, 4.69) is 24.4 Å². The van der Waals surface area contributed by atoms with E-state index in [9.17, 15) is 9.90 Å². The average Bonchev–Trinajstić information content (AvgIpc) is 3.09. The topological polar surface area (TPSA) is 49.3 Å². The summed E-state index contributed by atoms with van der Waals surface area (Å²) in [7, 11) is 0. The summed E-state index contributed by atoms with van der Waals surface area (Å²) >= 11 is 0. The summed E-state index contributed by atoms with van der Waals surface area (Å²) in [5.41, 5.74) is 0.919. The first-order chi connectivity index (χ1) is 14.4. The molecule has 0 saturated heterocycles. The van der Waals surface area contributed by atoms with Crippen molar-refractivity contribution < 1.29 is 9.90 Å². The van der Waals surface area contributed by atoms with Gasteiger partial charge in [-0.2, -0.15) is 0 Å². The molecule has 0 aromatic heterocycles. The highest BCUT2D eigenvalue weighted by Gasteiger charge is 2.58. The van der Waals surface area contributed by atoms with Gasteiger partial charge in [0.1, 0.15) is 0 Å². The lowest BCUT2D eigenvalue weighted by Gasteiger charge is -2.56. The number of carbonyl (C=O) groups excluding carboxylic acids is 1. The van der Waals surface area contributed by atoms with Crippen LogP contribution in [0, 0.1) is 40.9 Å². The molecule has 8 unspecified atom stereocenters. The molecule has 164 valence electrons. The highest BCUT2D eigenvalue weighted by Crippen LogP contribution is 2.64. The van der Waals surface area contributed by atoms with Crippen molar-refractivity contribution in [1.29, 1.82) is 0 Å². The Labute approximate surface area is 182 Å². The molecule has 1 amide bonds. The molecule has 3 nitrogen and oxygen atoms in total. The van der Waals surface area contributed by atoms with Crippen molar-refractivity contribution >= 4 is 5.91 Å². The third-order valence-corrected chi connectivity index (χ3v) is 9.86. The van der Waals surface area contributed by atoms with Gasteiger partial charge in [0.05, 0.1) is 5.60 Å². The number of amides is 1. The van der Waals surface area contributed by atoms with Crippen LogP contribution in [0.4, 0.5) is 0 Å². The molecule has 5 rings (SSSR count). The molecule has 0 aliphatic heterocycles. The number of benzene rings is 1. The van der Waals surface area contributed by atoms with Gasteiger partial charge in [-0.25, -0.2) is 0 Å². The van der Waals surface area contributed by atoms with E-state index in [4.69, 9.17) is 0 Å². The summed E-state index contributed by atoms with van der Waals surface area (Å²) in [6, 6.07) is 10.3. The van der Waals surface area contributed by atoms with Crippen LogP contribution in [0.25, 0.3) is 0 Å². The third-order valence-electron chi connectivity index (χ3n) is 9.86. The Kier molecular flexibility index (Phi) is 5.24. The Bertz CT molecular complexity index is 774. The molecule has 0 bridgehead atoms. The Hall–Kier alpha value is -1.35. The number of carbonyl (C=O) groups is 1. The molecule has 0 spiro atoms. The zero-order valence-electron chi connectivity index (χ0n) is 18.8. The van der Waals surface area contributed by atoms with Gasteiger partial charge >= 0.3 is 0 Å². The lowest BCUT2D eigenvalue weighted by atomic mass is 9.49. The van der Waals surface area contributed by atoms with E-state index >= 15 is 0 Å². The van der Waals surface area contributed by atoms with Crippen LogP contribution in [0.2, 0.25) is 0 Å². The minimum absolute atomic E-state index is 0.176. The van der Waals surface area contributed by atoms with Crippen molar-refractivity contribution in [3.8, 4) is 0 Å². The zero-order chi connectivity index (χ0) is 20.9. The van der Waals surface area contributed by atoms with Crippen molar-refractivity contribution in [1.82, 2.24) is 5.32 Å². The molecule has 30 heavy (non-hydrogen) atoms. The molecule has 0 heterocycles. The molecule has 4 saturated carbocycles. The summed E-state index contributed by atoms with van der Waals surface area (Å²) in [4.78, 5) is 13.2. The second kappa shape index (κ2) is 7.65. The fourth-order valence-corrected chi connectivity index (χ4v) is 8.42. The quantitative estimate of drug-likeness (QED) is 0.709. The third kappa shape index (κ3) is 3.51. The monoisotopic (exact) mass is 409 g/mol. The molecule has 4 aliphatic rings. The highest BCUT2D eigenvalue weighted by atomic mass is 16.3. The lowest BCUT2D eigenvalue weighted by Crippen LogP contribution is -2.51. The highest BCUT2D eigenvalue weighted by molar-refractivity contribution is 5.80. The van der Waals surface area contributed by atoms with E-state index in [1.807, 2.05) is 25.1 Å². The Morgan fingerprint density at radius 1 is 0.967 bits per heavy atom. The molecular weight excluding hydrogens is 370 g/mol. The maximum atomic E-state index is 13.2. The van der Waals surface area contributed by atoms with E-state index in [0.717, 1.165) is 42.9 Å². The van der Waals surface area contributed by atoms with Gasteiger partial charge in [-0.05, 0) is 105 Å². The van der Waals surface area contributed by atoms with Gasteiger partial charge < -0.3 is 10.4 Å². The van der Waals surface area contributed by atoms with Gasteiger partial charge in [0.15, 0.2) is 0 Å². The first-order valence-corrected chi connectivity index (χ1v) is 12.4. The van der Waals surface area contributed by atoms with Gasteiger partial charge in [0, 0.05) is 12.5 Å². The Balaban J connectivity index is 1.27. The first-order valence-electron chi connectivity index (χ1n) is 12.4. The molecule has 1 aromatic rings.